The van der Waals surface area contributed by atoms with Crippen LogP contribution in [0.4, 0.5) is 13.2 Å². The Labute approximate surface area is 162 Å². The van der Waals surface area contributed by atoms with Crippen molar-refractivity contribution < 1.29 is 18.0 Å². The fourth-order valence-corrected chi connectivity index (χ4v) is 3.43. The molecule has 2 aromatic carbocycles. The van der Waals surface area contributed by atoms with E-state index in [1.165, 1.54) is 5.56 Å². The van der Waals surface area contributed by atoms with E-state index < -0.39 is 23.5 Å². The first kappa shape index (κ1) is 20.4. The highest BCUT2D eigenvalue weighted by molar-refractivity contribution is 5.77. The smallest absolute Gasteiger partial charge is 0.224 e. The Morgan fingerprint density at radius 2 is 1.61 bits per heavy atom. The van der Waals surface area contributed by atoms with E-state index in [0.29, 0.717) is 19.2 Å². The van der Waals surface area contributed by atoms with Crippen molar-refractivity contribution >= 4 is 5.91 Å². The average Bonchev–Trinajstić information content (AvgIpc) is 2.67. The van der Waals surface area contributed by atoms with Crippen molar-refractivity contribution in [3.8, 4) is 0 Å². The molecule has 7 heteroatoms. The molecular weight excluding hydrogens is 367 g/mol. The third-order valence-electron chi connectivity index (χ3n) is 4.98. The number of piperazine rings is 1. The molecule has 1 amide bonds. The van der Waals surface area contributed by atoms with Gasteiger partial charge >= 0.3 is 0 Å². The molecule has 0 saturated carbocycles. The average molecular weight is 391 g/mol. The maximum Gasteiger partial charge on any atom is 0.224 e. The number of carbonyl (C=O) groups excluding carboxylic acids is 1. The van der Waals surface area contributed by atoms with Crippen molar-refractivity contribution in [3.05, 3.63) is 71.0 Å². The molecule has 1 saturated heterocycles. The zero-order chi connectivity index (χ0) is 20.1. The van der Waals surface area contributed by atoms with Gasteiger partial charge in [-0.3, -0.25) is 9.69 Å². The molecule has 0 spiro atoms. The van der Waals surface area contributed by atoms with Gasteiger partial charge in [-0.25, -0.2) is 13.2 Å². The van der Waals surface area contributed by atoms with Gasteiger partial charge in [-0.2, -0.15) is 0 Å². The lowest BCUT2D eigenvalue weighted by Crippen LogP contribution is -2.49. The van der Waals surface area contributed by atoms with Crippen LogP contribution in [0.25, 0.3) is 0 Å². The van der Waals surface area contributed by atoms with E-state index >= 15 is 0 Å². The van der Waals surface area contributed by atoms with Crippen LogP contribution in [0, 0.1) is 17.5 Å². The van der Waals surface area contributed by atoms with Crippen LogP contribution in [0.3, 0.4) is 0 Å². The lowest BCUT2D eigenvalue weighted by atomic mass is 10.0. The van der Waals surface area contributed by atoms with E-state index in [0.717, 1.165) is 25.7 Å². The summed E-state index contributed by atoms with van der Waals surface area (Å²) in [5.74, 6) is -3.31. The minimum absolute atomic E-state index is 0.0214. The van der Waals surface area contributed by atoms with Crippen LogP contribution in [-0.2, 0) is 17.8 Å². The van der Waals surface area contributed by atoms with E-state index in [1.807, 2.05) is 18.2 Å². The molecule has 3 rings (SSSR count). The van der Waals surface area contributed by atoms with Gasteiger partial charge in [0.05, 0.1) is 0 Å². The number of benzene rings is 2. The Hall–Kier alpha value is -2.38. The second kappa shape index (κ2) is 9.21. The Bertz CT molecular complexity index is 808. The zero-order valence-electron chi connectivity index (χ0n) is 15.6. The summed E-state index contributed by atoms with van der Waals surface area (Å²) in [6.45, 7) is 3.61. The van der Waals surface area contributed by atoms with Gasteiger partial charge in [-0.05, 0) is 23.6 Å². The number of hydrogen-bond acceptors (Lipinski definition) is 3. The number of rotatable bonds is 6. The largest absolute Gasteiger partial charge is 0.340 e. The molecule has 0 bridgehead atoms. The number of nitrogens with zero attached hydrogens (tertiary/aromatic N) is 2. The quantitative estimate of drug-likeness (QED) is 0.771. The van der Waals surface area contributed by atoms with Crippen molar-refractivity contribution in [1.29, 1.82) is 0 Å². The van der Waals surface area contributed by atoms with E-state index in [9.17, 15) is 18.0 Å². The van der Waals surface area contributed by atoms with Gasteiger partial charge in [0, 0.05) is 51.3 Å². The second-order valence-electron chi connectivity index (χ2n) is 7.17. The normalized spacial score (nSPS) is 16.2. The fourth-order valence-electron chi connectivity index (χ4n) is 3.43. The molecule has 0 unspecified atom stereocenters. The number of halogens is 3. The van der Waals surface area contributed by atoms with Crippen LogP contribution >= 0.6 is 0 Å². The first-order chi connectivity index (χ1) is 13.4. The Morgan fingerprint density at radius 1 is 0.964 bits per heavy atom. The Kier molecular flexibility index (Phi) is 6.70. The molecule has 2 aromatic rings. The van der Waals surface area contributed by atoms with Gasteiger partial charge in [0.1, 0.15) is 5.82 Å². The molecule has 1 heterocycles. The highest BCUT2D eigenvalue weighted by atomic mass is 19.2. The second-order valence-corrected chi connectivity index (χ2v) is 7.17. The molecule has 1 aliphatic heterocycles. The maximum absolute atomic E-state index is 13.7. The Morgan fingerprint density at radius 3 is 2.29 bits per heavy atom. The number of carbonyl (C=O) groups is 1. The van der Waals surface area contributed by atoms with Gasteiger partial charge < -0.3 is 10.6 Å². The number of nitrogens with two attached hydrogens (primary N) is 1. The fraction of sp³-hybridized carbons (Fsp3) is 0.381. The lowest BCUT2D eigenvalue weighted by molar-refractivity contribution is -0.133. The minimum Gasteiger partial charge on any atom is -0.340 e. The van der Waals surface area contributed by atoms with Crippen molar-refractivity contribution in [1.82, 2.24) is 9.80 Å². The molecule has 2 N–H and O–H groups in total. The van der Waals surface area contributed by atoms with Crippen LogP contribution in [0.15, 0.2) is 42.5 Å². The monoisotopic (exact) mass is 391 g/mol. The van der Waals surface area contributed by atoms with Crippen LogP contribution in [0.1, 0.15) is 17.5 Å². The molecule has 0 aliphatic carbocycles. The van der Waals surface area contributed by atoms with Crippen molar-refractivity contribution in [3.63, 3.8) is 0 Å². The minimum atomic E-state index is -1.24. The van der Waals surface area contributed by atoms with Gasteiger partial charge in [0.25, 0.3) is 0 Å². The molecular formula is C21H24F3N3O. The summed E-state index contributed by atoms with van der Waals surface area (Å²) in [4.78, 5) is 16.5. The molecule has 150 valence electrons. The van der Waals surface area contributed by atoms with Gasteiger partial charge in [0.2, 0.25) is 5.91 Å². The molecule has 1 fully saturated rings. The van der Waals surface area contributed by atoms with Crippen LogP contribution in [-0.4, -0.2) is 47.9 Å². The molecule has 0 aromatic heterocycles. The SMILES string of the molecule is N[C@@H](CC(=O)N1CCN(Cc2ccccc2)CC1)Cc1cc(F)c(F)cc1F. The van der Waals surface area contributed by atoms with E-state index in [4.69, 9.17) is 5.73 Å². The summed E-state index contributed by atoms with van der Waals surface area (Å²) < 4.78 is 40.0. The summed E-state index contributed by atoms with van der Waals surface area (Å²) >= 11 is 0. The van der Waals surface area contributed by atoms with Crippen LogP contribution in [0.2, 0.25) is 0 Å². The predicted octanol–water partition coefficient (Wildman–Crippen LogP) is 2.71. The van der Waals surface area contributed by atoms with Gasteiger partial charge in [0.15, 0.2) is 11.6 Å². The zero-order valence-corrected chi connectivity index (χ0v) is 15.6. The van der Waals surface area contributed by atoms with E-state index in [2.05, 4.69) is 17.0 Å². The molecule has 1 aliphatic rings. The first-order valence-electron chi connectivity index (χ1n) is 9.35. The summed E-state index contributed by atoms with van der Waals surface area (Å²) in [5, 5.41) is 0. The van der Waals surface area contributed by atoms with Gasteiger partial charge in [-0.15, -0.1) is 0 Å². The summed E-state index contributed by atoms with van der Waals surface area (Å²) in [6, 6.07) is 10.8. The molecule has 0 radical (unpaired) electrons. The van der Waals surface area contributed by atoms with E-state index in [-0.39, 0.29) is 24.3 Å². The number of hydrogen-bond donors (Lipinski definition) is 1. The van der Waals surface area contributed by atoms with Crippen LogP contribution in [0.5, 0.6) is 0 Å². The van der Waals surface area contributed by atoms with Crippen molar-refractivity contribution in [2.24, 2.45) is 5.73 Å². The number of amides is 1. The third-order valence-corrected chi connectivity index (χ3v) is 4.98. The topological polar surface area (TPSA) is 49.6 Å². The van der Waals surface area contributed by atoms with Crippen LogP contribution < -0.4 is 5.73 Å². The molecule has 4 nitrogen and oxygen atoms in total. The molecule has 28 heavy (non-hydrogen) atoms. The standard InChI is InChI=1S/C21H24F3N3O/c22-18-13-20(24)19(23)11-16(18)10-17(25)12-21(28)27-8-6-26(7-9-27)14-15-4-2-1-3-5-15/h1-5,11,13,17H,6-10,12,14,25H2/t17-/m1/s1. The third kappa shape index (κ3) is 5.33. The first-order valence-corrected chi connectivity index (χ1v) is 9.35. The highest BCUT2D eigenvalue weighted by Crippen LogP contribution is 2.16. The highest BCUT2D eigenvalue weighted by Gasteiger charge is 2.23. The predicted molar refractivity (Wildman–Crippen MR) is 101 cm³/mol. The van der Waals surface area contributed by atoms with Crippen molar-refractivity contribution in [2.75, 3.05) is 26.2 Å². The summed E-state index contributed by atoms with van der Waals surface area (Å²) in [5.41, 5.74) is 7.17. The maximum atomic E-state index is 13.7. The van der Waals surface area contributed by atoms with Crippen molar-refractivity contribution in [2.45, 2.75) is 25.4 Å². The van der Waals surface area contributed by atoms with E-state index in [1.54, 1.807) is 4.90 Å². The lowest BCUT2D eigenvalue weighted by Gasteiger charge is -2.35. The molecule has 1 atom stereocenters. The summed E-state index contributed by atoms with van der Waals surface area (Å²) in [6.07, 6.45) is 0.0138. The Balaban J connectivity index is 1.47. The summed E-state index contributed by atoms with van der Waals surface area (Å²) in [7, 11) is 0. The van der Waals surface area contributed by atoms with Gasteiger partial charge in [-0.1, -0.05) is 30.3 Å².